The van der Waals surface area contributed by atoms with Crippen LogP contribution in [0.15, 0.2) is 60.8 Å². The molecule has 1 saturated heterocycles. The topological polar surface area (TPSA) is 91.6 Å². The first-order valence-electron chi connectivity index (χ1n) is 14.6. The van der Waals surface area contributed by atoms with E-state index < -0.39 is 5.97 Å². The molecule has 4 aromatic rings. The lowest BCUT2D eigenvalue weighted by atomic mass is 9.99. The fraction of sp³-hybridized carbons (Fsp3) is 0.314. The highest BCUT2D eigenvalue weighted by molar-refractivity contribution is 5.91. The molecule has 0 bridgehead atoms. The number of hydrogen-bond acceptors (Lipinski definition) is 8. The zero-order valence-corrected chi connectivity index (χ0v) is 25.5. The summed E-state index contributed by atoms with van der Waals surface area (Å²) < 4.78 is 11.7. The normalized spacial score (nSPS) is 13.4. The van der Waals surface area contributed by atoms with E-state index in [9.17, 15) is 4.79 Å². The minimum atomic E-state index is -0.521. The molecule has 1 aliphatic rings. The number of ether oxygens (including phenoxy) is 2. The summed E-state index contributed by atoms with van der Waals surface area (Å²) in [4.78, 5) is 26.7. The Morgan fingerprint density at radius 2 is 1.56 bits per heavy atom. The number of carbonyl (C=O) groups is 1. The molecule has 1 aliphatic heterocycles. The molecule has 0 spiro atoms. The summed E-state index contributed by atoms with van der Waals surface area (Å²) in [7, 11) is 0. The van der Waals surface area contributed by atoms with Crippen LogP contribution in [0.4, 0.5) is 5.95 Å². The van der Waals surface area contributed by atoms with Gasteiger partial charge in [0.15, 0.2) is 0 Å². The Morgan fingerprint density at radius 1 is 0.907 bits per heavy atom. The summed E-state index contributed by atoms with van der Waals surface area (Å²) >= 11 is 0. The molecule has 8 heteroatoms. The summed E-state index contributed by atoms with van der Waals surface area (Å²) in [6, 6.07) is 20.4. The fourth-order valence-corrected chi connectivity index (χ4v) is 5.57. The van der Waals surface area contributed by atoms with Crippen molar-refractivity contribution in [2.24, 2.45) is 0 Å². The van der Waals surface area contributed by atoms with E-state index in [1.165, 1.54) is 22.9 Å². The molecular formula is C35H37N5O3. The second kappa shape index (κ2) is 13.1. The van der Waals surface area contributed by atoms with Crippen molar-refractivity contribution in [1.82, 2.24) is 14.9 Å². The van der Waals surface area contributed by atoms with E-state index >= 15 is 0 Å². The first-order chi connectivity index (χ1) is 20.7. The van der Waals surface area contributed by atoms with E-state index in [-0.39, 0.29) is 18.1 Å². The Hall–Kier alpha value is -4.74. The third-order valence-electron chi connectivity index (χ3n) is 7.59. The Morgan fingerprint density at radius 3 is 2.16 bits per heavy atom. The number of carbonyl (C=O) groups excluding carboxylic acids is 1. The lowest BCUT2D eigenvalue weighted by molar-refractivity contribution is 0.0522. The van der Waals surface area contributed by atoms with Crippen LogP contribution in [0.1, 0.15) is 50.7 Å². The van der Waals surface area contributed by atoms with Gasteiger partial charge >= 0.3 is 5.97 Å². The molecule has 220 valence electrons. The van der Waals surface area contributed by atoms with Crippen molar-refractivity contribution in [3.63, 3.8) is 0 Å². The van der Waals surface area contributed by atoms with E-state index in [0.29, 0.717) is 17.3 Å². The van der Waals surface area contributed by atoms with E-state index in [4.69, 9.17) is 19.7 Å². The van der Waals surface area contributed by atoms with Gasteiger partial charge in [-0.25, -0.2) is 9.78 Å². The lowest BCUT2D eigenvalue weighted by Gasteiger charge is -2.35. The number of nitriles is 1. The molecule has 0 N–H and O–H groups in total. The van der Waals surface area contributed by atoms with Crippen LogP contribution >= 0.6 is 0 Å². The van der Waals surface area contributed by atoms with Crippen LogP contribution < -0.4 is 9.64 Å². The lowest BCUT2D eigenvalue weighted by Crippen LogP contribution is -2.46. The fourth-order valence-electron chi connectivity index (χ4n) is 5.57. The average Bonchev–Trinajstić information content (AvgIpc) is 2.99. The van der Waals surface area contributed by atoms with Crippen LogP contribution in [-0.2, 0) is 11.3 Å². The predicted octanol–water partition coefficient (Wildman–Crippen LogP) is 6.54. The second-order valence-electron chi connectivity index (χ2n) is 11.1. The van der Waals surface area contributed by atoms with Crippen molar-refractivity contribution in [2.45, 2.75) is 41.2 Å². The van der Waals surface area contributed by atoms with Gasteiger partial charge in [-0.05, 0) is 86.7 Å². The third-order valence-corrected chi connectivity index (χ3v) is 7.59. The van der Waals surface area contributed by atoms with Crippen LogP contribution in [0.3, 0.4) is 0 Å². The molecule has 1 aromatic heterocycles. The smallest absolute Gasteiger partial charge is 0.345 e. The molecule has 5 rings (SSSR count). The van der Waals surface area contributed by atoms with E-state index in [0.717, 1.165) is 55.0 Å². The monoisotopic (exact) mass is 575 g/mol. The van der Waals surface area contributed by atoms with Crippen LogP contribution in [0.25, 0.3) is 11.1 Å². The summed E-state index contributed by atoms with van der Waals surface area (Å²) in [6.45, 7) is 14.4. The van der Waals surface area contributed by atoms with E-state index in [2.05, 4.69) is 52.9 Å². The molecular weight excluding hydrogens is 538 g/mol. The molecule has 0 radical (unpaired) electrons. The summed E-state index contributed by atoms with van der Waals surface area (Å²) in [5, 5.41) is 9.13. The van der Waals surface area contributed by atoms with Crippen molar-refractivity contribution in [2.75, 3.05) is 37.7 Å². The van der Waals surface area contributed by atoms with E-state index in [1.807, 2.05) is 50.2 Å². The molecule has 1 fully saturated rings. The minimum absolute atomic E-state index is 0.179. The number of rotatable bonds is 8. The number of aryl methyl sites for hydroxylation is 4. The van der Waals surface area contributed by atoms with Gasteiger partial charge in [0.2, 0.25) is 11.8 Å². The second-order valence-corrected chi connectivity index (χ2v) is 11.1. The number of aromatic nitrogens is 2. The maximum absolute atomic E-state index is 12.8. The van der Waals surface area contributed by atoms with Gasteiger partial charge in [-0.1, -0.05) is 41.5 Å². The van der Waals surface area contributed by atoms with Gasteiger partial charge in [0, 0.05) is 32.7 Å². The highest BCUT2D eigenvalue weighted by Crippen LogP contribution is 2.35. The van der Waals surface area contributed by atoms with E-state index in [1.54, 1.807) is 6.92 Å². The molecule has 0 atom stereocenters. The Kier molecular flexibility index (Phi) is 9.03. The molecule has 2 heterocycles. The summed E-state index contributed by atoms with van der Waals surface area (Å²) in [6.07, 6.45) is 1.51. The number of piperazine rings is 1. The van der Waals surface area contributed by atoms with Crippen LogP contribution in [-0.4, -0.2) is 53.6 Å². The number of hydrogen-bond donors (Lipinski definition) is 0. The summed E-state index contributed by atoms with van der Waals surface area (Å²) in [5.41, 5.74) is 8.51. The van der Waals surface area contributed by atoms with Crippen LogP contribution in [0.5, 0.6) is 11.6 Å². The zero-order chi connectivity index (χ0) is 30.5. The molecule has 43 heavy (non-hydrogen) atoms. The maximum atomic E-state index is 12.8. The van der Waals surface area contributed by atoms with Gasteiger partial charge in [-0.2, -0.15) is 10.2 Å². The maximum Gasteiger partial charge on any atom is 0.345 e. The zero-order valence-electron chi connectivity index (χ0n) is 25.5. The van der Waals surface area contributed by atoms with Gasteiger partial charge in [0.25, 0.3) is 0 Å². The summed E-state index contributed by atoms with van der Waals surface area (Å²) in [5.74, 6) is 0.815. The third kappa shape index (κ3) is 7.02. The molecule has 0 saturated carbocycles. The quantitative estimate of drug-likeness (QED) is 0.219. The predicted molar refractivity (Wildman–Crippen MR) is 168 cm³/mol. The first kappa shape index (κ1) is 29.7. The Labute approximate surface area is 253 Å². The number of anilines is 1. The van der Waals surface area contributed by atoms with Crippen LogP contribution in [0, 0.1) is 39.0 Å². The van der Waals surface area contributed by atoms with Gasteiger partial charge in [0.05, 0.1) is 24.4 Å². The first-order valence-corrected chi connectivity index (χ1v) is 14.6. The molecule has 0 amide bonds. The molecule has 3 aromatic carbocycles. The average molecular weight is 576 g/mol. The van der Waals surface area contributed by atoms with Gasteiger partial charge in [-0.15, -0.1) is 0 Å². The molecule has 8 nitrogen and oxygen atoms in total. The Bertz CT molecular complexity index is 1630. The van der Waals surface area contributed by atoms with Crippen molar-refractivity contribution < 1.29 is 14.3 Å². The van der Waals surface area contributed by atoms with Crippen LogP contribution in [0.2, 0.25) is 0 Å². The minimum Gasteiger partial charge on any atom is -0.462 e. The number of nitrogens with zero attached hydrogens (tertiary/aromatic N) is 5. The number of esters is 1. The SMILES string of the molecule is CCOC(=O)c1cnc(N2CCN(Cc3cc(C)cc(C)c3)CC2)nc1Oc1c(C)cc(-c2ccc(C#N)cc2)cc1C. The van der Waals surface area contributed by atoms with Gasteiger partial charge in [0.1, 0.15) is 11.3 Å². The standard InChI is InChI=1S/C35H37N5O3/c1-6-42-34(41)31-21-37-35(40-13-11-39(12-14-40)22-28-16-23(2)15-24(3)17-28)38-33(31)43-32-25(4)18-30(19-26(32)5)29-9-7-27(20-36)8-10-29/h7-10,15-19,21H,6,11-14,22H2,1-5H3. The van der Waals surface area contributed by atoms with Crippen molar-refractivity contribution in [3.05, 3.63) is 99.7 Å². The molecule has 0 aliphatic carbocycles. The molecule has 0 unspecified atom stereocenters. The number of benzene rings is 3. The van der Waals surface area contributed by atoms with Crippen molar-refractivity contribution in [1.29, 1.82) is 5.26 Å². The highest BCUT2D eigenvalue weighted by Gasteiger charge is 2.24. The van der Waals surface area contributed by atoms with Gasteiger partial charge in [-0.3, -0.25) is 4.90 Å². The highest BCUT2D eigenvalue weighted by atomic mass is 16.5. The van der Waals surface area contributed by atoms with Gasteiger partial charge < -0.3 is 14.4 Å². The Balaban J connectivity index is 1.37. The largest absolute Gasteiger partial charge is 0.462 e. The van der Waals surface area contributed by atoms with Crippen molar-refractivity contribution >= 4 is 11.9 Å². The van der Waals surface area contributed by atoms with Crippen molar-refractivity contribution in [3.8, 4) is 28.8 Å².